The van der Waals surface area contributed by atoms with Crippen molar-refractivity contribution in [3.63, 3.8) is 0 Å². The van der Waals surface area contributed by atoms with Crippen molar-refractivity contribution in [3.05, 3.63) is 58.7 Å². The first kappa shape index (κ1) is 22.9. The molecule has 0 aliphatic rings. The molecule has 0 saturated carbocycles. The number of nitrogens with one attached hydrogen (secondary N) is 1. The molecule has 6 heteroatoms. The van der Waals surface area contributed by atoms with E-state index in [4.69, 9.17) is 0 Å². The summed E-state index contributed by atoms with van der Waals surface area (Å²) in [6.07, 6.45) is 1.89. The third-order valence-corrected chi connectivity index (χ3v) is 6.05. The van der Waals surface area contributed by atoms with Crippen molar-refractivity contribution in [2.45, 2.75) is 53.4 Å². The van der Waals surface area contributed by atoms with Crippen LogP contribution >= 0.6 is 0 Å². The predicted octanol–water partition coefficient (Wildman–Crippen LogP) is 4.92. The van der Waals surface area contributed by atoms with E-state index in [1.165, 1.54) is 10.6 Å². The number of carbonyl (C=O) groups is 1. The number of rotatable bonds is 8. The second-order valence-electron chi connectivity index (χ2n) is 8.03. The highest BCUT2D eigenvalue weighted by Gasteiger charge is 2.19. The molecule has 0 radical (unpaired) electrons. The van der Waals surface area contributed by atoms with Gasteiger partial charge in [0.05, 0.1) is 11.9 Å². The molecule has 0 atom stereocenters. The van der Waals surface area contributed by atoms with Crippen LogP contribution in [0.15, 0.2) is 36.4 Å². The number of anilines is 2. The van der Waals surface area contributed by atoms with E-state index in [2.05, 4.69) is 19.2 Å². The molecule has 0 saturated heterocycles. The highest BCUT2D eigenvalue weighted by Crippen LogP contribution is 2.28. The lowest BCUT2D eigenvalue weighted by Crippen LogP contribution is -2.31. The molecule has 0 aliphatic heterocycles. The van der Waals surface area contributed by atoms with Crippen LogP contribution < -0.4 is 9.62 Å². The lowest BCUT2D eigenvalue weighted by atomic mass is 9.98. The Bertz CT molecular complexity index is 961. The average Bonchev–Trinajstić information content (AvgIpc) is 2.58. The van der Waals surface area contributed by atoms with Crippen molar-refractivity contribution >= 4 is 27.3 Å². The number of amides is 1. The smallest absolute Gasteiger partial charge is 0.232 e. The van der Waals surface area contributed by atoms with E-state index >= 15 is 0 Å². The van der Waals surface area contributed by atoms with Crippen LogP contribution in [0.5, 0.6) is 0 Å². The Hall–Kier alpha value is -2.34. The van der Waals surface area contributed by atoms with Gasteiger partial charge in [0.2, 0.25) is 15.9 Å². The van der Waals surface area contributed by atoms with Gasteiger partial charge >= 0.3 is 0 Å². The summed E-state index contributed by atoms with van der Waals surface area (Å²) < 4.78 is 26.0. The van der Waals surface area contributed by atoms with Crippen molar-refractivity contribution < 1.29 is 13.2 Å². The Morgan fingerprint density at radius 1 is 1.07 bits per heavy atom. The van der Waals surface area contributed by atoms with Gasteiger partial charge in [0, 0.05) is 18.7 Å². The summed E-state index contributed by atoms with van der Waals surface area (Å²) in [5, 5.41) is 3.02. The molecule has 0 aliphatic carbocycles. The third-order valence-electron chi connectivity index (χ3n) is 4.85. The van der Waals surface area contributed by atoms with Gasteiger partial charge < -0.3 is 5.32 Å². The number of hydrogen-bond donors (Lipinski definition) is 1. The minimum absolute atomic E-state index is 0.102. The summed E-state index contributed by atoms with van der Waals surface area (Å²) in [6.45, 7) is 10.3. The van der Waals surface area contributed by atoms with Crippen LogP contribution in [-0.4, -0.2) is 27.1 Å². The van der Waals surface area contributed by atoms with Gasteiger partial charge in [0.25, 0.3) is 0 Å². The first-order valence-corrected chi connectivity index (χ1v) is 11.8. The van der Waals surface area contributed by atoms with Gasteiger partial charge in [0.15, 0.2) is 0 Å². The van der Waals surface area contributed by atoms with E-state index in [0.29, 0.717) is 18.0 Å². The first-order valence-electron chi connectivity index (χ1n) is 9.94. The van der Waals surface area contributed by atoms with Gasteiger partial charge in [-0.2, -0.15) is 0 Å². The fourth-order valence-electron chi connectivity index (χ4n) is 3.51. The number of para-hydroxylation sites is 1. The zero-order chi connectivity index (χ0) is 21.8. The quantitative estimate of drug-likeness (QED) is 0.664. The molecular formula is C23H32N2O3S. The topological polar surface area (TPSA) is 66.5 Å². The molecule has 1 N–H and O–H groups in total. The van der Waals surface area contributed by atoms with Crippen molar-refractivity contribution in [1.29, 1.82) is 0 Å². The van der Waals surface area contributed by atoms with Crippen LogP contribution in [0, 0.1) is 20.8 Å². The second kappa shape index (κ2) is 9.44. The van der Waals surface area contributed by atoms with Gasteiger partial charge in [-0.25, -0.2) is 8.42 Å². The van der Waals surface area contributed by atoms with Crippen molar-refractivity contribution in [2.75, 3.05) is 22.4 Å². The van der Waals surface area contributed by atoms with E-state index in [1.807, 2.05) is 57.2 Å². The normalized spacial score (nSPS) is 11.6. The molecule has 0 fully saturated rings. The van der Waals surface area contributed by atoms with Crippen molar-refractivity contribution in [1.82, 2.24) is 0 Å². The fourth-order valence-corrected chi connectivity index (χ4v) is 4.46. The Kier molecular flexibility index (Phi) is 7.47. The van der Waals surface area contributed by atoms with Gasteiger partial charge in [-0.05, 0) is 67.5 Å². The summed E-state index contributed by atoms with van der Waals surface area (Å²) >= 11 is 0. The highest BCUT2D eigenvalue weighted by molar-refractivity contribution is 7.92. The molecule has 2 rings (SSSR count). The van der Waals surface area contributed by atoms with Crippen LogP contribution in [0.1, 0.15) is 54.9 Å². The number of nitrogens with zero attached hydrogens (tertiary/aromatic N) is 1. The molecular weight excluding hydrogens is 384 g/mol. The molecule has 5 nitrogen and oxygen atoms in total. The fraction of sp³-hybridized carbons (Fsp3) is 0.435. The molecule has 0 aromatic heterocycles. The number of carbonyl (C=O) groups excluding carboxylic acids is 1. The second-order valence-corrected chi connectivity index (χ2v) is 9.93. The van der Waals surface area contributed by atoms with Crippen LogP contribution in [0.2, 0.25) is 0 Å². The minimum atomic E-state index is -3.43. The zero-order valence-electron chi connectivity index (χ0n) is 18.2. The van der Waals surface area contributed by atoms with E-state index in [9.17, 15) is 13.2 Å². The zero-order valence-corrected chi connectivity index (χ0v) is 19.1. The Labute approximate surface area is 175 Å². The average molecular weight is 417 g/mol. The Morgan fingerprint density at radius 2 is 1.69 bits per heavy atom. The van der Waals surface area contributed by atoms with Crippen molar-refractivity contribution in [3.8, 4) is 0 Å². The maximum atomic E-state index is 12.5. The molecule has 2 aromatic rings. The number of aryl methyl sites for hydroxylation is 3. The van der Waals surface area contributed by atoms with Crippen LogP contribution in [0.25, 0.3) is 0 Å². The van der Waals surface area contributed by atoms with Gasteiger partial charge in [-0.15, -0.1) is 0 Å². The predicted molar refractivity (Wildman–Crippen MR) is 121 cm³/mol. The number of hydrogen-bond acceptors (Lipinski definition) is 3. The maximum Gasteiger partial charge on any atom is 0.232 e. The maximum absolute atomic E-state index is 12.5. The molecule has 158 valence electrons. The van der Waals surface area contributed by atoms with Crippen molar-refractivity contribution in [2.24, 2.45) is 0 Å². The molecule has 1 amide bonds. The lowest BCUT2D eigenvalue weighted by molar-refractivity contribution is -0.116. The molecule has 0 spiro atoms. The molecule has 2 aromatic carbocycles. The molecule has 0 unspecified atom stereocenters. The van der Waals surface area contributed by atoms with Crippen LogP contribution in [-0.2, 0) is 14.8 Å². The Balaban J connectivity index is 2.08. The van der Waals surface area contributed by atoms with Gasteiger partial charge in [-0.3, -0.25) is 9.10 Å². The summed E-state index contributed by atoms with van der Waals surface area (Å²) in [6, 6.07) is 11.7. The first-order chi connectivity index (χ1) is 13.5. The van der Waals surface area contributed by atoms with E-state index in [0.717, 1.165) is 27.9 Å². The van der Waals surface area contributed by atoms with Gasteiger partial charge in [-0.1, -0.05) is 38.1 Å². The van der Waals surface area contributed by atoms with Gasteiger partial charge in [0.1, 0.15) is 0 Å². The van der Waals surface area contributed by atoms with E-state index in [-0.39, 0.29) is 18.9 Å². The van der Waals surface area contributed by atoms with E-state index in [1.54, 1.807) is 0 Å². The third kappa shape index (κ3) is 6.32. The number of sulfonamides is 1. The minimum Gasteiger partial charge on any atom is -0.326 e. The monoisotopic (exact) mass is 416 g/mol. The van der Waals surface area contributed by atoms with E-state index < -0.39 is 10.0 Å². The summed E-state index contributed by atoms with van der Waals surface area (Å²) in [7, 11) is -3.43. The van der Waals surface area contributed by atoms with Crippen LogP contribution in [0.3, 0.4) is 0 Å². The summed E-state index contributed by atoms with van der Waals surface area (Å²) in [5.41, 5.74) is 5.65. The summed E-state index contributed by atoms with van der Waals surface area (Å²) in [4.78, 5) is 12.5. The standard InChI is InChI=1S/C23H32N2O3S/c1-16(2)21-10-7-9-19(5)23(21)24-22(26)11-8-12-25(29(6,27)28)20-14-17(3)13-18(4)15-20/h7,9-10,13-16H,8,11-12H2,1-6H3,(H,24,26). The van der Waals surface area contributed by atoms with Crippen LogP contribution in [0.4, 0.5) is 11.4 Å². The lowest BCUT2D eigenvalue weighted by Gasteiger charge is -2.23. The largest absolute Gasteiger partial charge is 0.326 e. The molecule has 0 heterocycles. The highest BCUT2D eigenvalue weighted by atomic mass is 32.2. The number of benzene rings is 2. The molecule has 0 bridgehead atoms. The molecule has 29 heavy (non-hydrogen) atoms. The summed E-state index contributed by atoms with van der Waals surface area (Å²) in [5.74, 6) is 0.200. The Morgan fingerprint density at radius 3 is 2.24 bits per heavy atom. The SMILES string of the molecule is Cc1cc(C)cc(N(CCCC(=O)Nc2c(C)cccc2C(C)C)S(C)(=O)=O)c1.